The van der Waals surface area contributed by atoms with Crippen molar-refractivity contribution in [3.8, 4) is 11.1 Å². The number of fused-ring (bicyclic) bond motifs is 3. The highest BCUT2D eigenvalue weighted by molar-refractivity contribution is 6.12. The Hall–Kier alpha value is -2.95. The van der Waals surface area contributed by atoms with Crippen molar-refractivity contribution in [1.82, 2.24) is 5.32 Å². The van der Waals surface area contributed by atoms with E-state index in [-0.39, 0.29) is 6.42 Å². The number of hydrogen-bond acceptors (Lipinski definition) is 4. The van der Waals surface area contributed by atoms with E-state index in [1.165, 1.54) is 29.4 Å². The van der Waals surface area contributed by atoms with Gasteiger partial charge in [0.15, 0.2) is 0 Å². The highest BCUT2D eigenvalue weighted by Crippen LogP contribution is 2.35. The molecule has 1 atom stereocenters. The molecule has 1 fully saturated rings. The first-order chi connectivity index (χ1) is 11.6. The van der Waals surface area contributed by atoms with Crippen molar-refractivity contribution in [2.75, 3.05) is 7.11 Å². The van der Waals surface area contributed by atoms with E-state index in [1.807, 2.05) is 5.32 Å². The first-order valence-corrected chi connectivity index (χ1v) is 7.68. The van der Waals surface area contributed by atoms with Gasteiger partial charge in [-0.2, -0.15) is 0 Å². The minimum absolute atomic E-state index is 0.0918. The average molecular weight is 323 g/mol. The number of nitrogens with one attached hydrogen (secondary N) is 1. The van der Waals surface area contributed by atoms with E-state index in [1.54, 1.807) is 0 Å². The molecule has 122 valence electrons. The molecule has 0 bridgehead atoms. The van der Waals surface area contributed by atoms with Crippen molar-refractivity contribution >= 4 is 17.8 Å². The molecule has 0 spiro atoms. The van der Waals surface area contributed by atoms with E-state index in [0.29, 0.717) is 0 Å². The zero-order valence-corrected chi connectivity index (χ0v) is 13.2. The maximum atomic E-state index is 10.8. The van der Waals surface area contributed by atoms with Gasteiger partial charge in [-0.25, -0.2) is 0 Å². The Kier molecular flexibility index (Phi) is 4.42. The lowest BCUT2D eigenvalue weighted by Gasteiger charge is -2.00. The SMILES string of the molecule is COC(=O)C1CC(=O)NC1=O.c1ccc2c(c1)Cc1ccccc1-2. The highest BCUT2D eigenvalue weighted by Gasteiger charge is 2.36. The second-order valence-corrected chi connectivity index (χ2v) is 5.68. The third-order valence-corrected chi connectivity index (χ3v) is 4.16. The number of amides is 2. The molecule has 0 aromatic heterocycles. The summed E-state index contributed by atoms with van der Waals surface area (Å²) in [4.78, 5) is 32.0. The predicted molar refractivity (Wildman–Crippen MR) is 88.0 cm³/mol. The Balaban J connectivity index is 0.000000144. The molecule has 5 nitrogen and oxygen atoms in total. The largest absolute Gasteiger partial charge is 0.468 e. The maximum absolute atomic E-state index is 10.8. The molecule has 1 saturated heterocycles. The molecule has 0 radical (unpaired) electrons. The normalized spacial score (nSPS) is 17.3. The summed E-state index contributed by atoms with van der Waals surface area (Å²) in [6, 6.07) is 17.3. The number of rotatable bonds is 1. The van der Waals surface area contributed by atoms with Crippen molar-refractivity contribution < 1.29 is 19.1 Å². The van der Waals surface area contributed by atoms with E-state index >= 15 is 0 Å². The maximum Gasteiger partial charge on any atom is 0.318 e. The molecule has 1 heterocycles. The van der Waals surface area contributed by atoms with E-state index in [9.17, 15) is 14.4 Å². The molecule has 2 aromatic rings. The van der Waals surface area contributed by atoms with Gasteiger partial charge in [-0.3, -0.25) is 19.7 Å². The summed E-state index contributed by atoms with van der Waals surface area (Å²) >= 11 is 0. The molecule has 1 aliphatic carbocycles. The van der Waals surface area contributed by atoms with Gasteiger partial charge in [0.1, 0.15) is 5.92 Å². The Labute approximate surface area is 139 Å². The van der Waals surface area contributed by atoms with Crippen molar-refractivity contribution in [3.05, 3.63) is 59.7 Å². The van der Waals surface area contributed by atoms with Gasteiger partial charge >= 0.3 is 5.97 Å². The fraction of sp³-hybridized carbons (Fsp3) is 0.211. The minimum atomic E-state index is -0.938. The van der Waals surface area contributed by atoms with Gasteiger partial charge in [0, 0.05) is 6.42 Å². The van der Waals surface area contributed by atoms with E-state index < -0.39 is 23.7 Å². The van der Waals surface area contributed by atoms with Gasteiger partial charge < -0.3 is 4.74 Å². The lowest BCUT2D eigenvalue weighted by atomic mass is 10.1. The first-order valence-electron chi connectivity index (χ1n) is 7.68. The first kappa shape index (κ1) is 15.9. The fourth-order valence-electron chi connectivity index (χ4n) is 2.97. The summed E-state index contributed by atoms with van der Waals surface area (Å²) in [7, 11) is 1.18. The second-order valence-electron chi connectivity index (χ2n) is 5.68. The van der Waals surface area contributed by atoms with Crippen LogP contribution in [0.15, 0.2) is 48.5 Å². The number of imide groups is 1. The van der Waals surface area contributed by atoms with Gasteiger partial charge in [-0.1, -0.05) is 48.5 Å². The highest BCUT2D eigenvalue weighted by atomic mass is 16.5. The molecular weight excluding hydrogens is 306 g/mol. The number of ether oxygens (including phenoxy) is 1. The predicted octanol–water partition coefficient (Wildman–Crippen LogP) is 2.08. The van der Waals surface area contributed by atoms with Crippen molar-refractivity contribution in [2.45, 2.75) is 12.8 Å². The number of hydrogen-bond donors (Lipinski definition) is 1. The third kappa shape index (κ3) is 3.06. The van der Waals surface area contributed by atoms with Crippen LogP contribution in [0.1, 0.15) is 17.5 Å². The number of esters is 1. The third-order valence-electron chi connectivity index (χ3n) is 4.16. The Morgan fingerprint density at radius 2 is 1.54 bits per heavy atom. The monoisotopic (exact) mass is 323 g/mol. The zero-order chi connectivity index (χ0) is 17.1. The quantitative estimate of drug-likeness (QED) is 0.423. The molecule has 2 aromatic carbocycles. The molecule has 2 amide bonds. The van der Waals surface area contributed by atoms with Crippen molar-refractivity contribution in [2.24, 2.45) is 5.92 Å². The van der Waals surface area contributed by atoms with Gasteiger partial charge in [-0.15, -0.1) is 0 Å². The molecule has 1 N–H and O–H groups in total. The standard InChI is InChI=1S/C13H10.C6H7NO4/c1-3-7-12-10(5-1)9-11-6-2-4-8-13(11)12;1-11-6(10)3-2-4(8)7-5(3)9/h1-8H,9H2;3H,2H2,1H3,(H,7,8,9). The molecule has 4 rings (SSSR count). The molecular formula is C19H17NO4. The summed E-state index contributed by atoms with van der Waals surface area (Å²) in [5.74, 6) is -2.59. The van der Waals surface area contributed by atoms with Crippen LogP contribution in [0.3, 0.4) is 0 Å². The van der Waals surface area contributed by atoms with Crippen LogP contribution in [0.5, 0.6) is 0 Å². The van der Waals surface area contributed by atoms with Crippen LogP contribution in [-0.2, 0) is 25.5 Å². The van der Waals surface area contributed by atoms with Crippen molar-refractivity contribution in [1.29, 1.82) is 0 Å². The van der Waals surface area contributed by atoms with E-state index in [0.717, 1.165) is 6.42 Å². The van der Waals surface area contributed by atoms with Crippen LogP contribution < -0.4 is 5.32 Å². The Morgan fingerprint density at radius 3 is 2.00 bits per heavy atom. The Bertz CT molecular complexity index is 769. The summed E-state index contributed by atoms with van der Waals surface area (Å²) in [6.45, 7) is 0. The Morgan fingerprint density at radius 1 is 1.00 bits per heavy atom. The lowest BCUT2D eigenvalue weighted by Crippen LogP contribution is -2.26. The van der Waals surface area contributed by atoms with E-state index in [4.69, 9.17) is 0 Å². The minimum Gasteiger partial charge on any atom is -0.468 e. The average Bonchev–Trinajstić information content (AvgIpc) is 3.14. The summed E-state index contributed by atoms with van der Waals surface area (Å²) in [5, 5.41) is 2.00. The number of benzene rings is 2. The van der Waals surface area contributed by atoms with Gasteiger partial charge in [0.2, 0.25) is 11.8 Å². The van der Waals surface area contributed by atoms with Gasteiger partial charge in [-0.05, 0) is 28.7 Å². The smallest absolute Gasteiger partial charge is 0.318 e. The summed E-state index contributed by atoms with van der Waals surface area (Å²) < 4.78 is 4.30. The van der Waals surface area contributed by atoms with Crippen LogP contribution in [-0.4, -0.2) is 24.9 Å². The fourth-order valence-corrected chi connectivity index (χ4v) is 2.97. The van der Waals surface area contributed by atoms with Gasteiger partial charge in [0.05, 0.1) is 7.11 Å². The molecule has 0 saturated carbocycles. The summed E-state index contributed by atoms with van der Waals surface area (Å²) in [6.07, 6.45) is 1.01. The van der Waals surface area contributed by atoms with E-state index in [2.05, 4.69) is 53.3 Å². The van der Waals surface area contributed by atoms with Gasteiger partial charge in [0.25, 0.3) is 0 Å². The zero-order valence-electron chi connectivity index (χ0n) is 13.2. The van der Waals surface area contributed by atoms with Crippen LogP contribution in [0.25, 0.3) is 11.1 Å². The molecule has 1 unspecified atom stereocenters. The number of carbonyl (C=O) groups is 3. The number of carbonyl (C=O) groups excluding carboxylic acids is 3. The van der Waals surface area contributed by atoms with Crippen LogP contribution in [0.2, 0.25) is 0 Å². The number of methoxy groups -OCH3 is 1. The van der Waals surface area contributed by atoms with Crippen LogP contribution >= 0.6 is 0 Å². The topological polar surface area (TPSA) is 72.5 Å². The molecule has 2 aliphatic rings. The molecule has 5 heteroatoms. The van der Waals surface area contributed by atoms with Crippen LogP contribution in [0.4, 0.5) is 0 Å². The molecule has 24 heavy (non-hydrogen) atoms. The second kappa shape index (κ2) is 6.66. The summed E-state index contributed by atoms with van der Waals surface area (Å²) in [5.41, 5.74) is 5.75. The van der Waals surface area contributed by atoms with Crippen molar-refractivity contribution in [3.63, 3.8) is 0 Å². The molecule has 1 aliphatic heterocycles. The lowest BCUT2D eigenvalue weighted by molar-refractivity contribution is -0.148. The van der Waals surface area contributed by atoms with Crippen LogP contribution in [0, 0.1) is 5.92 Å².